The molecule has 0 aromatic heterocycles. The fourth-order valence-corrected chi connectivity index (χ4v) is 3.90. The van der Waals surface area contributed by atoms with E-state index >= 15 is 0 Å². The molecule has 0 saturated carbocycles. The number of hydrogen-bond donors (Lipinski definition) is 2. The molecule has 26 heavy (non-hydrogen) atoms. The van der Waals surface area contributed by atoms with Gasteiger partial charge in [-0.2, -0.15) is 0 Å². The van der Waals surface area contributed by atoms with Crippen LogP contribution < -0.4 is 10.6 Å². The summed E-state index contributed by atoms with van der Waals surface area (Å²) >= 11 is 9.50. The van der Waals surface area contributed by atoms with E-state index in [2.05, 4.69) is 38.5 Å². The summed E-state index contributed by atoms with van der Waals surface area (Å²) in [5, 5.41) is 6.48. The van der Waals surface area contributed by atoms with E-state index in [-0.39, 0.29) is 11.8 Å². The van der Waals surface area contributed by atoms with Crippen LogP contribution in [0, 0.1) is 12.8 Å². The molecule has 0 bridgehead atoms. The zero-order chi connectivity index (χ0) is 19.0. The lowest BCUT2D eigenvalue weighted by Gasteiger charge is -2.36. The zero-order valence-corrected chi connectivity index (χ0v) is 17.1. The van der Waals surface area contributed by atoms with Gasteiger partial charge >= 0.3 is 6.03 Å². The molecule has 3 unspecified atom stereocenters. The fraction of sp³-hybridized carbons (Fsp3) is 0.471. The quantitative estimate of drug-likeness (QED) is 0.687. The van der Waals surface area contributed by atoms with Crippen LogP contribution in [0.2, 0.25) is 5.02 Å². The Balaban J connectivity index is 1.64. The third kappa shape index (κ3) is 3.66. The second-order valence-electron chi connectivity index (χ2n) is 6.76. The van der Waals surface area contributed by atoms with Gasteiger partial charge in [-0.05, 0) is 46.5 Å². The molecule has 2 aliphatic heterocycles. The van der Waals surface area contributed by atoms with Crippen molar-refractivity contribution in [3.8, 4) is 0 Å². The van der Waals surface area contributed by atoms with Gasteiger partial charge in [0.15, 0.2) is 17.0 Å². The molecule has 0 aliphatic carbocycles. The molecule has 0 spiro atoms. The lowest BCUT2D eigenvalue weighted by molar-refractivity contribution is -0.127. The van der Waals surface area contributed by atoms with Gasteiger partial charge in [-0.25, -0.2) is 9.79 Å². The number of rotatable bonds is 5. The number of carbonyl (C=O) groups excluding carboxylic acids is 2. The Morgan fingerprint density at radius 3 is 2.88 bits per heavy atom. The van der Waals surface area contributed by atoms with Crippen LogP contribution in [0.3, 0.4) is 0 Å². The Bertz CT molecular complexity index is 772. The number of halogens is 2. The molecule has 3 rings (SSSR count). The van der Waals surface area contributed by atoms with Crippen LogP contribution in [0.5, 0.6) is 0 Å². The molecule has 1 aromatic carbocycles. The molecule has 2 aliphatic rings. The zero-order valence-electron chi connectivity index (χ0n) is 14.8. The summed E-state index contributed by atoms with van der Waals surface area (Å²) in [7, 11) is 1.64. The first kappa shape index (κ1) is 19.0. The minimum atomic E-state index is -0.512. The second kappa shape index (κ2) is 7.44. The maximum absolute atomic E-state index is 12.3. The number of nitrogens with zero attached hydrogens (tertiary/aromatic N) is 3. The second-order valence-corrected chi connectivity index (χ2v) is 7.91. The summed E-state index contributed by atoms with van der Waals surface area (Å²) in [6.07, 6.45) is -0.499. The lowest BCUT2D eigenvalue weighted by atomic mass is 10.1. The van der Waals surface area contributed by atoms with Gasteiger partial charge in [0.1, 0.15) is 0 Å². The molecule has 0 radical (unpaired) electrons. The maximum atomic E-state index is 12.3. The van der Waals surface area contributed by atoms with Crippen LogP contribution in [0.15, 0.2) is 23.2 Å². The lowest BCUT2D eigenvalue weighted by Crippen LogP contribution is -2.63. The number of likely N-dealkylation sites (N-methyl/N-ethyl adjacent to an activating group) is 1. The highest BCUT2D eigenvalue weighted by atomic mass is 79.9. The minimum absolute atomic E-state index is 0.227. The number of aryl methyl sites for hydroxylation is 1. The van der Waals surface area contributed by atoms with Gasteiger partial charge in [0, 0.05) is 30.8 Å². The molecule has 1 fully saturated rings. The number of aliphatic imine (C=N–C) groups is 1. The predicted octanol–water partition coefficient (Wildman–Crippen LogP) is 2.64. The molecule has 1 saturated heterocycles. The summed E-state index contributed by atoms with van der Waals surface area (Å²) in [5.41, 5.74) is 2.12. The fourth-order valence-electron chi connectivity index (χ4n) is 3.15. The van der Waals surface area contributed by atoms with Crippen molar-refractivity contribution < 1.29 is 9.59 Å². The third-order valence-corrected chi connectivity index (χ3v) is 5.55. The average Bonchev–Trinajstić information content (AvgIpc) is 2.91. The van der Waals surface area contributed by atoms with Gasteiger partial charge in [-0.3, -0.25) is 10.1 Å². The van der Waals surface area contributed by atoms with Gasteiger partial charge in [0.25, 0.3) is 5.91 Å². The highest BCUT2D eigenvalue weighted by Gasteiger charge is 2.48. The van der Waals surface area contributed by atoms with Crippen molar-refractivity contribution in [3.63, 3.8) is 0 Å². The number of hydrogen-bond acceptors (Lipinski definition) is 5. The summed E-state index contributed by atoms with van der Waals surface area (Å²) in [5.74, 6) is -0.0900. The molecule has 1 aromatic rings. The van der Waals surface area contributed by atoms with E-state index in [1.54, 1.807) is 7.05 Å². The number of anilines is 1. The van der Waals surface area contributed by atoms with Crippen molar-refractivity contribution in [2.75, 3.05) is 25.5 Å². The normalized spacial score (nSPS) is 23.5. The van der Waals surface area contributed by atoms with Crippen LogP contribution in [-0.4, -0.2) is 58.8 Å². The van der Waals surface area contributed by atoms with Crippen molar-refractivity contribution in [3.05, 3.63) is 28.8 Å². The average molecular weight is 443 g/mol. The molecule has 7 nitrogen and oxygen atoms in total. The number of amides is 3. The smallest absolute Gasteiger partial charge is 0.325 e. The number of amidine groups is 1. The first-order valence-electron chi connectivity index (χ1n) is 8.35. The van der Waals surface area contributed by atoms with Crippen LogP contribution in [0.25, 0.3) is 0 Å². The van der Waals surface area contributed by atoms with E-state index < -0.39 is 18.2 Å². The first-order valence-corrected chi connectivity index (χ1v) is 9.52. The highest BCUT2D eigenvalue weighted by molar-refractivity contribution is 9.18. The molecular formula is C17H21BrClN5O2. The molecule has 140 valence electrons. The summed E-state index contributed by atoms with van der Waals surface area (Å²) in [4.78, 5) is 31.9. The topological polar surface area (TPSA) is 77.0 Å². The molecule has 3 amide bonds. The standard InChI is InChI=1S/C17H21BrClN5O2/c1-9(7-20-12-6-11(19)5-4-10(12)2)8-24-13-14(21-16(24)18)23(3)17(26)22-15(13)25/h4-6,9,13-14,20H,7-8H2,1-3H3,(H,22,25,26). The summed E-state index contributed by atoms with van der Waals surface area (Å²) in [6, 6.07) is 4.81. The van der Waals surface area contributed by atoms with Gasteiger partial charge in [0.05, 0.1) is 0 Å². The van der Waals surface area contributed by atoms with Crippen molar-refractivity contribution in [2.45, 2.75) is 26.1 Å². The third-order valence-electron chi connectivity index (χ3n) is 4.66. The van der Waals surface area contributed by atoms with Crippen LogP contribution >= 0.6 is 27.5 Å². The Hall–Kier alpha value is -1.80. The number of urea groups is 1. The van der Waals surface area contributed by atoms with Crippen LogP contribution in [0.1, 0.15) is 12.5 Å². The Morgan fingerprint density at radius 2 is 2.15 bits per heavy atom. The van der Waals surface area contributed by atoms with E-state index in [4.69, 9.17) is 11.6 Å². The summed E-state index contributed by atoms with van der Waals surface area (Å²) < 4.78 is 0.593. The number of imide groups is 1. The largest absolute Gasteiger partial charge is 0.384 e. The van der Waals surface area contributed by atoms with E-state index in [1.807, 2.05) is 30.0 Å². The van der Waals surface area contributed by atoms with Gasteiger partial charge in [0.2, 0.25) is 0 Å². The highest BCUT2D eigenvalue weighted by Crippen LogP contribution is 2.27. The first-order chi connectivity index (χ1) is 12.3. The summed E-state index contributed by atoms with van der Waals surface area (Å²) in [6.45, 7) is 5.45. The van der Waals surface area contributed by atoms with Crippen molar-refractivity contribution in [2.24, 2.45) is 10.9 Å². The van der Waals surface area contributed by atoms with Crippen molar-refractivity contribution in [1.29, 1.82) is 0 Å². The minimum Gasteiger partial charge on any atom is -0.384 e. The maximum Gasteiger partial charge on any atom is 0.325 e. The van der Waals surface area contributed by atoms with E-state index in [0.29, 0.717) is 22.9 Å². The van der Waals surface area contributed by atoms with Gasteiger partial charge in [-0.1, -0.05) is 24.6 Å². The van der Waals surface area contributed by atoms with Crippen LogP contribution in [-0.2, 0) is 4.79 Å². The number of fused-ring (bicyclic) bond motifs is 1. The van der Waals surface area contributed by atoms with E-state index in [1.165, 1.54) is 4.90 Å². The molecule has 2 heterocycles. The SMILES string of the molecule is Cc1ccc(Cl)cc1NCC(C)CN1C(Br)=NC2C1C(=O)NC(=O)N2C. The molecule has 3 atom stereocenters. The monoisotopic (exact) mass is 441 g/mol. The van der Waals surface area contributed by atoms with E-state index in [9.17, 15) is 9.59 Å². The van der Waals surface area contributed by atoms with Crippen molar-refractivity contribution in [1.82, 2.24) is 15.1 Å². The Morgan fingerprint density at radius 1 is 1.42 bits per heavy atom. The number of nitrogens with one attached hydrogen (secondary N) is 2. The Kier molecular flexibility index (Phi) is 5.43. The van der Waals surface area contributed by atoms with Crippen LogP contribution in [0.4, 0.5) is 10.5 Å². The predicted molar refractivity (Wildman–Crippen MR) is 106 cm³/mol. The molecule has 2 N–H and O–H groups in total. The molecule has 9 heteroatoms. The number of carbonyl (C=O) groups is 2. The van der Waals surface area contributed by atoms with Crippen molar-refractivity contribution >= 4 is 49.9 Å². The van der Waals surface area contributed by atoms with Gasteiger partial charge in [-0.15, -0.1) is 0 Å². The Labute approximate surface area is 165 Å². The number of benzene rings is 1. The van der Waals surface area contributed by atoms with Gasteiger partial charge < -0.3 is 15.1 Å². The van der Waals surface area contributed by atoms with E-state index in [0.717, 1.165) is 11.3 Å². The molecular weight excluding hydrogens is 422 g/mol.